The second kappa shape index (κ2) is 8.18. The lowest BCUT2D eigenvalue weighted by Gasteiger charge is -2.34. The smallest absolute Gasteiger partial charge is 0.289 e. The second-order valence-corrected chi connectivity index (χ2v) is 10.1. The minimum Gasteiger partial charge on any atom is -0.451 e. The summed E-state index contributed by atoms with van der Waals surface area (Å²) in [7, 11) is -3.70. The van der Waals surface area contributed by atoms with Crippen LogP contribution in [0, 0.1) is 27.7 Å². The molecule has 168 valence electrons. The molecule has 1 fully saturated rings. The standard InChI is InChI=1S/C24H26N2O5S/c1-15-13-16(2)18(4)23(17(15)3)32(29,30)26-11-9-25(10-12-26)24(28)22-14-20(27)19-7-5-6-8-21(19)31-22/h5-8,13-14H,9-12H2,1-4H3. The van der Waals surface area contributed by atoms with E-state index < -0.39 is 15.9 Å². The van der Waals surface area contributed by atoms with Gasteiger partial charge in [-0.25, -0.2) is 8.42 Å². The molecule has 0 atom stereocenters. The molecule has 0 spiro atoms. The average molecular weight is 455 g/mol. The summed E-state index contributed by atoms with van der Waals surface area (Å²) >= 11 is 0. The maximum atomic E-state index is 13.4. The summed E-state index contributed by atoms with van der Waals surface area (Å²) in [4.78, 5) is 27.2. The second-order valence-electron chi connectivity index (χ2n) is 8.26. The van der Waals surface area contributed by atoms with Crippen LogP contribution >= 0.6 is 0 Å². The third-order valence-electron chi connectivity index (χ3n) is 6.27. The Kier molecular flexibility index (Phi) is 5.68. The first-order chi connectivity index (χ1) is 15.1. The number of rotatable bonds is 3. The molecule has 0 N–H and O–H groups in total. The Labute approximate surface area is 187 Å². The van der Waals surface area contributed by atoms with E-state index in [1.807, 2.05) is 33.8 Å². The predicted molar refractivity (Wildman–Crippen MR) is 123 cm³/mol. The van der Waals surface area contributed by atoms with Gasteiger partial charge in [0.15, 0.2) is 11.2 Å². The van der Waals surface area contributed by atoms with Crippen molar-refractivity contribution in [1.29, 1.82) is 0 Å². The molecule has 32 heavy (non-hydrogen) atoms. The number of carbonyl (C=O) groups is 1. The van der Waals surface area contributed by atoms with Crippen LogP contribution in [0.2, 0.25) is 0 Å². The van der Waals surface area contributed by atoms with Crippen molar-refractivity contribution in [3.63, 3.8) is 0 Å². The molecule has 1 aliphatic rings. The van der Waals surface area contributed by atoms with Crippen LogP contribution in [-0.4, -0.2) is 49.7 Å². The maximum Gasteiger partial charge on any atom is 0.289 e. The summed E-state index contributed by atoms with van der Waals surface area (Å²) in [5.74, 6) is -0.449. The van der Waals surface area contributed by atoms with Crippen molar-refractivity contribution in [2.24, 2.45) is 0 Å². The summed E-state index contributed by atoms with van der Waals surface area (Å²) in [6.07, 6.45) is 0. The number of nitrogens with zero attached hydrogens (tertiary/aromatic N) is 2. The van der Waals surface area contributed by atoms with Crippen LogP contribution in [-0.2, 0) is 10.0 Å². The zero-order valence-corrected chi connectivity index (χ0v) is 19.5. The largest absolute Gasteiger partial charge is 0.451 e. The van der Waals surface area contributed by atoms with Gasteiger partial charge in [-0.15, -0.1) is 0 Å². The molecule has 0 bridgehead atoms. The SMILES string of the molecule is Cc1cc(C)c(C)c(S(=O)(=O)N2CCN(C(=O)c3cc(=O)c4ccccc4o3)CC2)c1C. The highest BCUT2D eigenvalue weighted by atomic mass is 32.2. The van der Waals surface area contributed by atoms with E-state index in [1.165, 1.54) is 15.3 Å². The number of piperazine rings is 1. The molecular formula is C24H26N2O5S. The molecule has 7 nitrogen and oxygen atoms in total. The fourth-order valence-corrected chi connectivity index (χ4v) is 6.19. The van der Waals surface area contributed by atoms with Gasteiger partial charge in [-0.3, -0.25) is 9.59 Å². The lowest BCUT2D eigenvalue weighted by Crippen LogP contribution is -2.50. The summed E-state index contributed by atoms with van der Waals surface area (Å²) in [5.41, 5.74) is 3.45. The molecule has 8 heteroatoms. The molecule has 3 aromatic rings. The zero-order chi connectivity index (χ0) is 23.2. The molecule has 0 saturated carbocycles. The molecule has 1 saturated heterocycles. The number of aryl methyl sites for hydroxylation is 2. The lowest BCUT2D eigenvalue weighted by molar-refractivity contribution is 0.0666. The highest BCUT2D eigenvalue weighted by Crippen LogP contribution is 2.29. The van der Waals surface area contributed by atoms with Gasteiger partial charge in [0.2, 0.25) is 10.0 Å². The van der Waals surface area contributed by atoms with Crippen molar-refractivity contribution < 1.29 is 17.6 Å². The highest BCUT2D eigenvalue weighted by molar-refractivity contribution is 7.89. The summed E-state index contributed by atoms with van der Waals surface area (Å²) in [6.45, 7) is 8.28. The molecular weight excluding hydrogens is 428 g/mol. The van der Waals surface area contributed by atoms with Crippen LogP contribution < -0.4 is 5.43 Å². The molecule has 4 rings (SSSR count). The number of amides is 1. The van der Waals surface area contributed by atoms with E-state index in [9.17, 15) is 18.0 Å². The Hall–Kier alpha value is -2.97. The Morgan fingerprint density at radius 3 is 2.12 bits per heavy atom. The zero-order valence-electron chi connectivity index (χ0n) is 18.6. The van der Waals surface area contributed by atoms with Crippen molar-refractivity contribution in [2.75, 3.05) is 26.2 Å². The number of sulfonamides is 1. The summed E-state index contributed by atoms with van der Waals surface area (Å²) < 4.78 is 34.0. The van der Waals surface area contributed by atoms with Gasteiger partial charge in [0, 0.05) is 32.2 Å². The molecule has 1 aliphatic heterocycles. The van der Waals surface area contributed by atoms with Gasteiger partial charge in [-0.2, -0.15) is 4.31 Å². The van der Waals surface area contributed by atoms with Gasteiger partial charge < -0.3 is 9.32 Å². The fourth-order valence-electron chi connectivity index (χ4n) is 4.19. The van der Waals surface area contributed by atoms with Gasteiger partial charge >= 0.3 is 0 Å². The Balaban J connectivity index is 1.56. The summed E-state index contributed by atoms with van der Waals surface area (Å²) in [5, 5.41) is 0.416. The predicted octanol–water partition coefficient (Wildman–Crippen LogP) is 3.17. The van der Waals surface area contributed by atoms with E-state index in [0.29, 0.717) is 15.9 Å². The van der Waals surface area contributed by atoms with Gasteiger partial charge in [0.1, 0.15) is 5.58 Å². The first-order valence-electron chi connectivity index (χ1n) is 10.5. The third kappa shape index (κ3) is 3.73. The van der Waals surface area contributed by atoms with E-state index >= 15 is 0 Å². The molecule has 2 aromatic carbocycles. The number of para-hydroxylation sites is 1. The van der Waals surface area contributed by atoms with Crippen molar-refractivity contribution in [2.45, 2.75) is 32.6 Å². The van der Waals surface area contributed by atoms with Crippen LogP contribution in [0.1, 0.15) is 32.8 Å². The van der Waals surface area contributed by atoms with E-state index in [0.717, 1.165) is 22.3 Å². The maximum absolute atomic E-state index is 13.4. The first-order valence-corrected chi connectivity index (χ1v) is 11.9. The topological polar surface area (TPSA) is 87.9 Å². The monoisotopic (exact) mass is 454 g/mol. The van der Waals surface area contributed by atoms with Crippen LogP contribution in [0.3, 0.4) is 0 Å². The molecule has 0 aliphatic carbocycles. The van der Waals surface area contributed by atoms with Crippen LogP contribution in [0.5, 0.6) is 0 Å². The van der Waals surface area contributed by atoms with Crippen molar-refractivity contribution in [3.8, 4) is 0 Å². The van der Waals surface area contributed by atoms with Gasteiger partial charge in [-0.05, 0) is 62.1 Å². The van der Waals surface area contributed by atoms with Gasteiger partial charge in [0.05, 0.1) is 10.3 Å². The first kappa shape index (κ1) is 22.2. The Bertz CT molecular complexity index is 1360. The Morgan fingerprint density at radius 1 is 0.906 bits per heavy atom. The minimum atomic E-state index is -3.70. The molecule has 0 unspecified atom stereocenters. The minimum absolute atomic E-state index is 0.0361. The summed E-state index contributed by atoms with van der Waals surface area (Å²) in [6, 6.07) is 9.97. The van der Waals surface area contributed by atoms with Crippen LogP contribution in [0.4, 0.5) is 0 Å². The lowest BCUT2D eigenvalue weighted by atomic mass is 10.0. The van der Waals surface area contributed by atoms with E-state index in [1.54, 1.807) is 24.3 Å². The van der Waals surface area contributed by atoms with E-state index in [4.69, 9.17) is 4.42 Å². The van der Waals surface area contributed by atoms with Crippen LogP contribution in [0.25, 0.3) is 11.0 Å². The number of hydrogen-bond donors (Lipinski definition) is 0. The third-order valence-corrected chi connectivity index (χ3v) is 8.44. The van der Waals surface area contributed by atoms with Gasteiger partial charge in [0.25, 0.3) is 5.91 Å². The normalized spacial score (nSPS) is 15.3. The molecule has 0 radical (unpaired) electrons. The molecule has 1 aromatic heterocycles. The van der Waals surface area contributed by atoms with Gasteiger partial charge in [-0.1, -0.05) is 18.2 Å². The number of fused-ring (bicyclic) bond motifs is 1. The number of benzene rings is 2. The quantitative estimate of drug-likeness (QED) is 0.607. The average Bonchev–Trinajstić information content (AvgIpc) is 2.77. The van der Waals surface area contributed by atoms with E-state index in [-0.39, 0.29) is 37.4 Å². The van der Waals surface area contributed by atoms with E-state index in [2.05, 4.69) is 0 Å². The molecule has 1 amide bonds. The highest BCUT2D eigenvalue weighted by Gasteiger charge is 2.33. The Morgan fingerprint density at radius 2 is 1.50 bits per heavy atom. The van der Waals surface area contributed by atoms with Crippen molar-refractivity contribution in [1.82, 2.24) is 9.21 Å². The van der Waals surface area contributed by atoms with Crippen molar-refractivity contribution in [3.05, 3.63) is 74.6 Å². The fraction of sp³-hybridized carbons (Fsp3) is 0.333. The number of carbonyl (C=O) groups excluding carboxylic acids is 1. The van der Waals surface area contributed by atoms with Crippen molar-refractivity contribution >= 4 is 26.9 Å². The number of hydrogen-bond acceptors (Lipinski definition) is 5. The molecule has 2 heterocycles. The van der Waals surface area contributed by atoms with Crippen LogP contribution in [0.15, 0.2) is 50.5 Å².